The topological polar surface area (TPSA) is 79.8 Å². The van der Waals surface area contributed by atoms with Crippen molar-refractivity contribution >= 4 is 11.7 Å². The summed E-state index contributed by atoms with van der Waals surface area (Å²) in [5.41, 5.74) is 2.22. The summed E-state index contributed by atoms with van der Waals surface area (Å²) in [6.07, 6.45) is 4.70. The first kappa shape index (κ1) is 15.6. The van der Waals surface area contributed by atoms with Crippen molar-refractivity contribution in [2.75, 3.05) is 5.32 Å². The minimum absolute atomic E-state index is 0.274. The van der Waals surface area contributed by atoms with Gasteiger partial charge in [-0.1, -0.05) is 36.4 Å². The second-order valence-corrected chi connectivity index (χ2v) is 5.13. The van der Waals surface area contributed by atoms with Crippen LogP contribution in [-0.4, -0.2) is 20.9 Å². The van der Waals surface area contributed by atoms with E-state index in [0.29, 0.717) is 18.9 Å². The third-order valence-corrected chi connectivity index (χ3v) is 3.36. The van der Waals surface area contributed by atoms with Gasteiger partial charge < -0.3 is 10.6 Å². The normalized spacial score (nSPS) is 10.2. The quantitative estimate of drug-likeness (QED) is 0.729. The van der Waals surface area contributed by atoms with Crippen LogP contribution >= 0.6 is 0 Å². The summed E-state index contributed by atoms with van der Waals surface area (Å²) in [4.78, 5) is 24.6. The van der Waals surface area contributed by atoms with Crippen molar-refractivity contribution in [1.82, 2.24) is 20.3 Å². The van der Waals surface area contributed by atoms with Crippen molar-refractivity contribution in [3.8, 4) is 0 Å². The molecule has 24 heavy (non-hydrogen) atoms. The number of pyridine rings is 1. The van der Waals surface area contributed by atoms with Crippen molar-refractivity contribution in [1.29, 1.82) is 0 Å². The van der Waals surface area contributed by atoms with Gasteiger partial charge in [0.15, 0.2) is 0 Å². The van der Waals surface area contributed by atoms with Crippen LogP contribution < -0.4 is 10.6 Å². The van der Waals surface area contributed by atoms with Crippen molar-refractivity contribution < 1.29 is 4.79 Å². The van der Waals surface area contributed by atoms with Gasteiger partial charge in [-0.2, -0.15) is 0 Å². The summed E-state index contributed by atoms with van der Waals surface area (Å²) in [5.74, 6) is 0.350. The highest BCUT2D eigenvalue weighted by Crippen LogP contribution is 2.05. The van der Waals surface area contributed by atoms with E-state index in [-0.39, 0.29) is 11.6 Å². The first-order chi connectivity index (χ1) is 11.8. The van der Waals surface area contributed by atoms with Gasteiger partial charge in [-0.3, -0.25) is 9.78 Å². The van der Waals surface area contributed by atoms with Gasteiger partial charge in [0.1, 0.15) is 11.5 Å². The van der Waals surface area contributed by atoms with Crippen LogP contribution in [0.5, 0.6) is 0 Å². The molecule has 6 nitrogen and oxygen atoms in total. The van der Waals surface area contributed by atoms with Crippen molar-refractivity contribution in [2.24, 2.45) is 0 Å². The smallest absolute Gasteiger partial charge is 0.271 e. The molecule has 120 valence electrons. The molecular formula is C18H17N5O. The molecule has 3 aromatic rings. The number of hydrogen-bond donors (Lipinski definition) is 2. The van der Waals surface area contributed by atoms with Crippen LogP contribution in [-0.2, 0) is 13.1 Å². The van der Waals surface area contributed by atoms with E-state index in [1.165, 1.54) is 6.20 Å². The Bertz CT molecular complexity index is 776. The number of rotatable bonds is 6. The molecule has 1 aromatic carbocycles. The number of carbonyl (C=O) groups is 1. The van der Waals surface area contributed by atoms with Gasteiger partial charge >= 0.3 is 0 Å². The molecule has 0 aliphatic carbocycles. The number of aromatic nitrogens is 3. The molecular weight excluding hydrogens is 302 g/mol. The number of amides is 1. The van der Waals surface area contributed by atoms with E-state index in [4.69, 9.17) is 0 Å². The Morgan fingerprint density at radius 3 is 2.42 bits per heavy atom. The molecule has 0 atom stereocenters. The van der Waals surface area contributed by atoms with E-state index in [1.807, 2.05) is 48.5 Å². The number of hydrogen-bond acceptors (Lipinski definition) is 5. The standard InChI is InChI=1S/C18H17N5O/c24-18(23-11-15-8-4-5-9-19-15)16-12-22-17(13-20-16)21-10-14-6-2-1-3-7-14/h1-9,12-13H,10-11H2,(H,21,22)(H,23,24). The van der Waals surface area contributed by atoms with Crippen molar-refractivity contribution in [3.05, 3.63) is 84.1 Å². The molecule has 2 heterocycles. The Labute approximate surface area is 140 Å². The molecule has 0 unspecified atom stereocenters. The molecule has 0 saturated heterocycles. The van der Waals surface area contributed by atoms with Crippen LogP contribution in [0.1, 0.15) is 21.7 Å². The maximum Gasteiger partial charge on any atom is 0.271 e. The molecule has 6 heteroatoms. The van der Waals surface area contributed by atoms with E-state index in [1.54, 1.807) is 12.4 Å². The predicted molar refractivity (Wildman–Crippen MR) is 91.2 cm³/mol. The lowest BCUT2D eigenvalue weighted by Crippen LogP contribution is -2.24. The minimum Gasteiger partial charge on any atom is -0.365 e. The predicted octanol–water partition coefficient (Wildman–Crippen LogP) is 2.41. The fourth-order valence-electron chi connectivity index (χ4n) is 2.09. The van der Waals surface area contributed by atoms with Crippen LogP contribution in [0.3, 0.4) is 0 Å². The monoisotopic (exact) mass is 319 g/mol. The first-order valence-corrected chi connectivity index (χ1v) is 7.59. The van der Waals surface area contributed by atoms with Gasteiger partial charge in [0.05, 0.1) is 24.6 Å². The summed E-state index contributed by atoms with van der Waals surface area (Å²) in [7, 11) is 0. The molecule has 0 bridgehead atoms. The van der Waals surface area contributed by atoms with Crippen molar-refractivity contribution in [3.63, 3.8) is 0 Å². The van der Waals surface area contributed by atoms with E-state index >= 15 is 0 Å². The van der Waals surface area contributed by atoms with E-state index in [2.05, 4.69) is 25.6 Å². The summed E-state index contributed by atoms with van der Waals surface area (Å²) >= 11 is 0. The largest absolute Gasteiger partial charge is 0.365 e. The van der Waals surface area contributed by atoms with Crippen LogP contribution in [0.4, 0.5) is 5.82 Å². The Kier molecular flexibility index (Phi) is 5.09. The Balaban J connectivity index is 1.53. The van der Waals surface area contributed by atoms with E-state index in [9.17, 15) is 4.79 Å². The van der Waals surface area contributed by atoms with Gasteiger partial charge in [0.25, 0.3) is 5.91 Å². The first-order valence-electron chi connectivity index (χ1n) is 7.59. The maximum absolute atomic E-state index is 12.0. The maximum atomic E-state index is 12.0. The SMILES string of the molecule is O=C(NCc1ccccn1)c1cnc(NCc2ccccc2)cn1. The van der Waals surface area contributed by atoms with Crippen LogP contribution in [0.2, 0.25) is 0 Å². The summed E-state index contributed by atoms with van der Waals surface area (Å²) < 4.78 is 0. The molecule has 3 rings (SSSR count). The second kappa shape index (κ2) is 7.82. The number of anilines is 1. The van der Waals surface area contributed by atoms with Gasteiger partial charge in [0, 0.05) is 12.7 Å². The van der Waals surface area contributed by atoms with E-state index < -0.39 is 0 Å². The third-order valence-electron chi connectivity index (χ3n) is 3.36. The zero-order chi connectivity index (χ0) is 16.6. The Hall–Kier alpha value is -3.28. The van der Waals surface area contributed by atoms with Gasteiger partial charge in [-0.25, -0.2) is 9.97 Å². The lowest BCUT2D eigenvalue weighted by molar-refractivity contribution is 0.0945. The van der Waals surface area contributed by atoms with Gasteiger partial charge in [0.2, 0.25) is 0 Å². The molecule has 1 amide bonds. The molecule has 0 saturated carbocycles. The molecule has 0 aliphatic rings. The average molecular weight is 319 g/mol. The van der Waals surface area contributed by atoms with E-state index in [0.717, 1.165) is 11.3 Å². The number of carbonyl (C=O) groups excluding carboxylic acids is 1. The minimum atomic E-state index is -0.275. The second-order valence-electron chi connectivity index (χ2n) is 5.13. The molecule has 0 spiro atoms. The van der Waals surface area contributed by atoms with Crippen LogP contribution in [0.25, 0.3) is 0 Å². The van der Waals surface area contributed by atoms with Gasteiger partial charge in [-0.05, 0) is 17.7 Å². The lowest BCUT2D eigenvalue weighted by atomic mass is 10.2. The number of nitrogens with zero attached hydrogens (tertiary/aromatic N) is 3. The third kappa shape index (κ3) is 4.36. The lowest BCUT2D eigenvalue weighted by Gasteiger charge is -2.07. The molecule has 2 N–H and O–H groups in total. The average Bonchev–Trinajstić information content (AvgIpc) is 2.66. The zero-order valence-corrected chi connectivity index (χ0v) is 13.0. The summed E-state index contributed by atoms with van der Waals surface area (Å²) in [6.45, 7) is 1.01. The Morgan fingerprint density at radius 1 is 0.875 bits per heavy atom. The molecule has 0 aliphatic heterocycles. The van der Waals surface area contributed by atoms with Gasteiger partial charge in [-0.15, -0.1) is 0 Å². The number of nitrogens with one attached hydrogen (secondary N) is 2. The summed E-state index contributed by atoms with van der Waals surface area (Å²) in [5, 5.41) is 5.94. The molecule has 0 fully saturated rings. The van der Waals surface area contributed by atoms with Crippen LogP contribution in [0, 0.1) is 0 Å². The van der Waals surface area contributed by atoms with Crippen molar-refractivity contribution in [2.45, 2.75) is 13.1 Å². The van der Waals surface area contributed by atoms with Crippen LogP contribution in [0.15, 0.2) is 67.1 Å². The Morgan fingerprint density at radius 2 is 1.71 bits per heavy atom. The highest BCUT2D eigenvalue weighted by atomic mass is 16.1. The fourth-order valence-corrected chi connectivity index (χ4v) is 2.09. The number of benzene rings is 1. The highest BCUT2D eigenvalue weighted by Gasteiger charge is 2.08. The molecule has 0 radical (unpaired) electrons. The zero-order valence-electron chi connectivity index (χ0n) is 13.0. The highest BCUT2D eigenvalue weighted by molar-refractivity contribution is 5.91. The fraction of sp³-hybridized carbons (Fsp3) is 0.111. The molecule has 2 aromatic heterocycles. The summed E-state index contributed by atoms with van der Waals surface area (Å²) in [6, 6.07) is 15.6.